The molecule has 2 heterocycles. The van der Waals surface area contributed by atoms with Gasteiger partial charge < -0.3 is 16.0 Å². The average molecular weight is 424 g/mol. The summed E-state index contributed by atoms with van der Waals surface area (Å²) in [6.07, 6.45) is 0. The molecule has 3 N–H and O–H groups in total. The zero-order chi connectivity index (χ0) is 22.1. The van der Waals surface area contributed by atoms with Crippen LogP contribution in [0.5, 0.6) is 0 Å². The molecule has 0 radical (unpaired) electrons. The first-order valence-electron chi connectivity index (χ1n) is 9.28. The van der Waals surface area contributed by atoms with Crippen molar-refractivity contribution in [2.75, 3.05) is 16.8 Å². The van der Waals surface area contributed by atoms with E-state index in [4.69, 9.17) is 5.73 Å². The molecule has 0 fully saturated rings. The maximum atomic E-state index is 13.2. The first-order valence-corrected chi connectivity index (χ1v) is 9.28. The second-order valence-electron chi connectivity index (χ2n) is 6.84. The van der Waals surface area contributed by atoms with Gasteiger partial charge in [-0.3, -0.25) is 23.7 Å². The number of aromatic nitrogens is 3. The van der Waals surface area contributed by atoms with Gasteiger partial charge in [0.25, 0.3) is 0 Å². The summed E-state index contributed by atoms with van der Waals surface area (Å²) >= 11 is 0. The van der Waals surface area contributed by atoms with Crippen molar-refractivity contribution in [1.29, 1.82) is 0 Å². The summed E-state index contributed by atoms with van der Waals surface area (Å²) in [6, 6.07) is 11.5. The Morgan fingerprint density at radius 2 is 1.68 bits per heavy atom. The molecule has 1 aromatic heterocycles. The molecule has 0 aliphatic carbocycles. The smallest absolute Gasteiger partial charge is 0.333 e. The molecular weight excluding hydrogens is 407 g/mol. The first kappa shape index (κ1) is 20.0. The number of nitrogens with two attached hydrogens (primary N) is 1. The van der Waals surface area contributed by atoms with E-state index in [1.807, 2.05) is 0 Å². The van der Waals surface area contributed by atoms with Crippen LogP contribution in [-0.2, 0) is 17.9 Å². The number of benzene rings is 2. The zero-order valence-corrected chi connectivity index (χ0v) is 16.1. The normalized spacial score (nSPS) is 12.5. The molecule has 3 aromatic rings. The van der Waals surface area contributed by atoms with Crippen LogP contribution in [0.25, 0.3) is 0 Å². The number of fused-ring (bicyclic) bond motifs is 1. The largest absolute Gasteiger partial charge is 0.366 e. The minimum atomic E-state index is -0.927. The number of halogens is 1. The highest BCUT2D eigenvalue weighted by atomic mass is 19.1. The molecule has 0 unspecified atom stereocenters. The predicted octanol–water partition coefficient (Wildman–Crippen LogP) is 0.433. The number of anilines is 3. The number of nitrogens with one attached hydrogen (secondary N) is 1. The number of primary amides is 1. The fourth-order valence-corrected chi connectivity index (χ4v) is 3.25. The van der Waals surface area contributed by atoms with Gasteiger partial charge in [0.05, 0.1) is 0 Å². The molecule has 0 spiro atoms. The van der Waals surface area contributed by atoms with Crippen molar-refractivity contribution >= 4 is 29.1 Å². The van der Waals surface area contributed by atoms with Crippen LogP contribution in [0.1, 0.15) is 10.4 Å². The molecule has 10 nitrogen and oxygen atoms in total. The SMILES string of the molecule is NC(=O)c1ccc(NC(=O)Cn2nc3n(c(=O)c2=O)CCN3c2ccc(F)cc2)cc1. The third-order valence-electron chi connectivity index (χ3n) is 4.79. The molecule has 31 heavy (non-hydrogen) atoms. The van der Waals surface area contributed by atoms with E-state index < -0.39 is 35.3 Å². The van der Waals surface area contributed by atoms with Crippen molar-refractivity contribution in [2.24, 2.45) is 5.73 Å². The second-order valence-corrected chi connectivity index (χ2v) is 6.84. The second kappa shape index (κ2) is 7.86. The van der Waals surface area contributed by atoms with Crippen molar-refractivity contribution < 1.29 is 14.0 Å². The van der Waals surface area contributed by atoms with Crippen LogP contribution in [0, 0.1) is 5.82 Å². The minimum absolute atomic E-state index is 0.190. The molecule has 0 saturated carbocycles. The Bertz CT molecular complexity index is 1280. The molecule has 0 atom stereocenters. The Balaban J connectivity index is 1.58. The Morgan fingerprint density at radius 3 is 2.32 bits per heavy atom. The fourth-order valence-electron chi connectivity index (χ4n) is 3.25. The highest BCUT2D eigenvalue weighted by molar-refractivity contribution is 5.94. The van der Waals surface area contributed by atoms with Crippen LogP contribution in [0.3, 0.4) is 0 Å². The van der Waals surface area contributed by atoms with E-state index in [9.17, 15) is 23.6 Å². The molecule has 4 rings (SSSR count). The lowest BCUT2D eigenvalue weighted by molar-refractivity contribution is -0.117. The lowest BCUT2D eigenvalue weighted by Crippen LogP contribution is -2.44. The molecule has 2 amide bonds. The molecular formula is C20H17FN6O4. The number of amides is 2. The van der Waals surface area contributed by atoms with Gasteiger partial charge in [0.1, 0.15) is 12.4 Å². The lowest BCUT2D eigenvalue weighted by Gasteiger charge is -2.17. The quantitative estimate of drug-likeness (QED) is 0.571. The van der Waals surface area contributed by atoms with Gasteiger partial charge in [-0.25, -0.2) is 9.07 Å². The number of carbonyl (C=O) groups is 2. The van der Waals surface area contributed by atoms with Crippen LogP contribution >= 0.6 is 0 Å². The van der Waals surface area contributed by atoms with Gasteiger partial charge in [-0.15, -0.1) is 5.10 Å². The fraction of sp³-hybridized carbons (Fsp3) is 0.150. The number of rotatable bonds is 5. The molecule has 0 saturated heterocycles. The van der Waals surface area contributed by atoms with Crippen LogP contribution < -0.4 is 27.1 Å². The van der Waals surface area contributed by atoms with Crippen LogP contribution in [0.15, 0.2) is 58.1 Å². The summed E-state index contributed by atoms with van der Waals surface area (Å²) < 4.78 is 15.3. The number of nitrogens with zero attached hydrogens (tertiary/aromatic N) is 4. The summed E-state index contributed by atoms with van der Waals surface area (Å²) in [6.45, 7) is 0.125. The van der Waals surface area contributed by atoms with Crippen molar-refractivity contribution in [3.63, 3.8) is 0 Å². The van der Waals surface area contributed by atoms with Crippen molar-refractivity contribution in [2.45, 2.75) is 13.1 Å². The Hall–Kier alpha value is -4.28. The van der Waals surface area contributed by atoms with E-state index >= 15 is 0 Å². The van der Waals surface area contributed by atoms with Gasteiger partial charge in [-0.1, -0.05) is 0 Å². The summed E-state index contributed by atoms with van der Waals surface area (Å²) in [5.74, 6) is -1.40. The van der Waals surface area contributed by atoms with E-state index in [-0.39, 0.29) is 18.1 Å². The molecule has 11 heteroatoms. The monoisotopic (exact) mass is 424 g/mol. The lowest BCUT2D eigenvalue weighted by atomic mass is 10.2. The summed E-state index contributed by atoms with van der Waals surface area (Å²) in [4.78, 5) is 50.0. The van der Waals surface area contributed by atoms with Gasteiger partial charge in [0, 0.05) is 30.0 Å². The van der Waals surface area contributed by atoms with Crippen LogP contribution in [0.4, 0.5) is 21.7 Å². The predicted molar refractivity (Wildman–Crippen MR) is 110 cm³/mol. The summed E-state index contributed by atoms with van der Waals surface area (Å²) in [7, 11) is 0. The topological polar surface area (TPSA) is 132 Å². The van der Waals surface area contributed by atoms with Crippen LogP contribution in [-0.4, -0.2) is 32.7 Å². The first-order chi connectivity index (χ1) is 14.8. The molecule has 2 aromatic carbocycles. The third-order valence-corrected chi connectivity index (χ3v) is 4.79. The Morgan fingerprint density at radius 1 is 1.00 bits per heavy atom. The standard InChI is InChI=1S/C20H17FN6O4/c21-13-3-7-15(8-4-13)25-9-10-26-18(30)19(31)27(24-20(25)26)11-16(28)23-14-5-1-12(2-6-14)17(22)29/h1-8H,9-11H2,(H2,22,29)(H,23,28). The highest BCUT2D eigenvalue weighted by Gasteiger charge is 2.26. The van der Waals surface area contributed by atoms with Crippen molar-refractivity contribution in [3.05, 3.63) is 80.6 Å². The van der Waals surface area contributed by atoms with Gasteiger partial charge in [-0.05, 0) is 48.5 Å². The number of carbonyl (C=O) groups excluding carboxylic acids is 2. The highest BCUT2D eigenvalue weighted by Crippen LogP contribution is 2.26. The Kier molecular flexibility index (Phi) is 5.07. The molecule has 0 bridgehead atoms. The molecule has 158 valence electrons. The number of hydrogen-bond donors (Lipinski definition) is 2. The molecule has 1 aliphatic rings. The van der Waals surface area contributed by atoms with Crippen molar-refractivity contribution in [1.82, 2.24) is 14.3 Å². The third kappa shape index (κ3) is 3.92. The van der Waals surface area contributed by atoms with Gasteiger partial charge in [-0.2, -0.15) is 0 Å². The van der Waals surface area contributed by atoms with E-state index in [1.54, 1.807) is 4.90 Å². The van der Waals surface area contributed by atoms with Crippen molar-refractivity contribution in [3.8, 4) is 0 Å². The maximum Gasteiger partial charge on any atom is 0.333 e. The number of hydrogen-bond acceptors (Lipinski definition) is 6. The van der Waals surface area contributed by atoms with E-state index in [0.717, 1.165) is 4.68 Å². The van der Waals surface area contributed by atoms with Crippen LogP contribution in [0.2, 0.25) is 0 Å². The van der Waals surface area contributed by atoms with Gasteiger partial charge in [0.2, 0.25) is 17.8 Å². The summed E-state index contributed by atoms with van der Waals surface area (Å²) in [5, 5.41) is 6.76. The Labute approximate surface area is 174 Å². The average Bonchev–Trinajstić information content (AvgIpc) is 3.16. The van der Waals surface area contributed by atoms with E-state index in [0.29, 0.717) is 17.9 Å². The van der Waals surface area contributed by atoms with Gasteiger partial charge >= 0.3 is 11.1 Å². The van der Waals surface area contributed by atoms with Gasteiger partial charge in [0.15, 0.2) is 0 Å². The van der Waals surface area contributed by atoms with E-state index in [1.165, 1.54) is 53.1 Å². The minimum Gasteiger partial charge on any atom is -0.366 e. The molecule has 1 aliphatic heterocycles. The zero-order valence-electron chi connectivity index (χ0n) is 16.1. The van der Waals surface area contributed by atoms with E-state index in [2.05, 4.69) is 10.4 Å². The maximum absolute atomic E-state index is 13.2. The summed E-state index contributed by atoms with van der Waals surface area (Å²) in [5.41, 5.74) is 4.72.